The number of anilines is 2. The van der Waals surface area contributed by atoms with Crippen LogP contribution >= 0.6 is 0 Å². The Morgan fingerprint density at radius 2 is 0.745 bits per heavy atom. The largest absolute Gasteiger partial charge is 0.430 e. The first-order valence-corrected chi connectivity index (χ1v) is 13.2. The van der Waals surface area contributed by atoms with Crippen molar-refractivity contribution in [3.63, 3.8) is 0 Å². The van der Waals surface area contributed by atoms with Gasteiger partial charge in [0.2, 0.25) is 0 Å². The molecule has 1 aliphatic rings. The van der Waals surface area contributed by atoms with Crippen LogP contribution < -0.4 is 11.5 Å². The molecule has 47 heavy (non-hydrogen) atoms. The maximum Gasteiger partial charge on any atom is 0.430 e. The fourth-order valence-electron chi connectivity index (χ4n) is 6.16. The lowest BCUT2D eigenvalue weighted by molar-refractivity contribution is -0.376. The van der Waals surface area contributed by atoms with Gasteiger partial charge in [0.25, 0.3) is 11.2 Å². The van der Waals surface area contributed by atoms with Gasteiger partial charge >= 0.3 is 24.7 Å². The third-order valence-corrected chi connectivity index (χ3v) is 8.35. The Hall–Kier alpha value is -4.44. The van der Waals surface area contributed by atoms with Gasteiger partial charge < -0.3 is 21.7 Å². The van der Waals surface area contributed by atoms with Crippen molar-refractivity contribution in [2.75, 3.05) is 11.5 Å². The van der Waals surface area contributed by atoms with Crippen molar-refractivity contribution in [1.82, 2.24) is 0 Å². The Bertz CT molecular complexity index is 1700. The van der Waals surface area contributed by atoms with Crippen LogP contribution in [-0.2, 0) is 16.6 Å². The van der Waals surface area contributed by atoms with Gasteiger partial charge in [0.1, 0.15) is 0 Å². The highest BCUT2D eigenvalue weighted by molar-refractivity contribution is 5.86. The summed E-state index contributed by atoms with van der Waals surface area (Å²) in [6.07, 6.45) is -25.6. The summed E-state index contributed by atoms with van der Waals surface area (Å²) in [5, 5.41) is 20.6. The Balaban J connectivity index is 1.99. The number of benzene rings is 4. The third-order valence-electron chi connectivity index (χ3n) is 8.35. The summed E-state index contributed by atoms with van der Waals surface area (Å²) in [4.78, 5) is 0. The van der Waals surface area contributed by atoms with E-state index in [9.17, 15) is 62.9 Å². The van der Waals surface area contributed by atoms with Crippen molar-refractivity contribution in [2.45, 2.75) is 41.3 Å². The highest BCUT2D eigenvalue weighted by atomic mass is 19.4. The van der Waals surface area contributed by atoms with Crippen molar-refractivity contribution in [2.24, 2.45) is 0 Å². The zero-order chi connectivity index (χ0) is 35.2. The second kappa shape index (κ2) is 10.3. The maximum atomic E-state index is 14.0. The van der Waals surface area contributed by atoms with Crippen LogP contribution in [0.15, 0.2) is 84.9 Å². The number of hydrogen-bond acceptors (Lipinski definition) is 4. The molecule has 4 aromatic carbocycles. The number of alkyl halides is 12. The molecule has 250 valence electrons. The molecule has 0 unspecified atom stereocenters. The predicted molar refractivity (Wildman–Crippen MR) is 145 cm³/mol. The molecule has 0 spiro atoms. The number of rotatable bonds is 4. The van der Waals surface area contributed by atoms with E-state index in [0.717, 1.165) is 12.1 Å². The summed E-state index contributed by atoms with van der Waals surface area (Å²) in [5.74, 6) is 0. The predicted octanol–water partition coefficient (Wildman–Crippen LogP) is 7.84. The van der Waals surface area contributed by atoms with Gasteiger partial charge in [0, 0.05) is 22.5 Å². The average Bonchev–Trinajstić information content (AvgIpc) is 3.26. The van der Waals surface area contributed by atoms with Crippen molar-refractivity contribution in [1.29, 1.82) is 0 Å². The first-order valence-electron chi connectivity index (χ1n) is 13.2. The van der Waals surface area contributed by atoms with Crippen LogP contribution in [-0.4, -0.2) is 34.9 Å². The molecular weight excluding hydrogens is 660 g/mol. The van der Waals surface area contributed by atoms with Gasteiger partial charge in [-0.1, -0.05) is 60.7 Å². The molecule has 0 aliphatic heterocycles. The molecule has 16 heteroatoms. The number of halogens is 12. The molecule has 0 radical (unpaired) electrons. The topological polar surface area (TPSA) is 92.5 Å². The molecule has 1 aliphatic carbocycles. The molecule has 0 heterocycles. The molecule has 0 fully saturated rings. The molecule has 0 bridgehead atoms. The molecular formula is C31H20F12N2O2. The van der Waals surface area contributed by atoms with E-state index in [4.69, 9.17) is 11.5 Å². The highest BCUT2D eigenvalue weighted by Crippen LogP contribution is 2.60. The van der Waals surface area contributed by atoms with E-state index in [2.05, 4.69) is 0 Å². The van der Waals surface area contributed by atoms with Gasteiger partial charge in [-0.25, -0.2) is 0 Å². The van der Waals surface area contributed by atoms with Gasteiger partial charge in [0.15, 0.2) is 0 Å². The van der Waals surface area contributed by atoms with E-state index in [1.54, 1.807) is 0 Å². The highest BCUT2D eigenvalue weighted by Gasteiger charge is 2.73. The van der Waals surface area contributed by atoms with Crippen molar-refractivity contribution in [3.8, 4) is 11.1 Å². The van der Waals surface area contributed by atoms with E-state index in [1.165, 1.54) is 48.5 Å². The number of fused-ring (bicyclic) bond motifs is 3. The standard InChI is InChI=1S/C31H20F12N2O2/c32-28(33,34)26(46,29(35,36)37)21-13-15(9-11-23(21)44)25(19-7-3-1-5-17(19)18-6-2-4-8-20(18)25)16-10-12-24(45)22(14-16)27(47,30(38,39)40)31(41,42)43/h1-14,46-47H,44-45H2. The molecule has 4 aromatic rings. The summed E-state index contributed by atoms with van der Waals surface area (Å²) >= 11 is 0. The summed E-state index contributed by atoms with van der Waals surface area (Å²) in [6.45, 7) is 0. The summed E-state index contributed by atoms with van der Waals surface area (Å²) in [7, 11) is 0. The molecule has 0 atom stereocenters. The van der Waals surface area contributed by atoms with Crippen LogP contribution in [0, 0.1) is 0 Å². The number of nitrogen functional groups attached to an aromatic ring is 2. The van der Waals surface area contributed by atoms with Gasteiger partial charge in [-0.15, -0.1) is 0 Å². The minimum Gasteiger partial charge on any atom is -0.398 e. The Kier molecular flexibility index (Phi) is 7.42. The first-order chi connectivity index (χ1) is 21.5. The quantitative estimate of drug-likeness (QED) is 0.115. The van der Waals surface area contributed by atoms with Crippen LogP contribution in [0.2, 0.25) is 0 Å². The SMILES string of the molecule is Nc1ccc(C2(c3ccc(N)c(C(O)(C(F)(F)F)C(F)(F)F)c3)c3ccccc3-c3ccccc32)cc1C(O)(C(F)(F)F)C(F)(F)F. The van der Waals surface area contributed by atoms with Gasteiger partial charge in [0.05, 0.1) is 5.41 Å². The zero-order valence-corrected chi connectivity index (χ0v) is 23.2. The minimum atomic E-state index is -6.40. The molecule has 0 saturated heterocycles. The first kappa shape index (κ1) is 33.9. The Morgan fingerprint density at radius 3 is 1.04 bits per heavy atom. The second-order valence-corrected chi connectivity index (χ2v) is 10.9. The van der Waals surface area contributed by atoms with E-state index < -0.39 is 75.0 Å². The van der Waals surface area contributed by atoms with Gasteiger partial charge in [-0.05, 0) is 57.6 Å². The monoisotopic (exact) mass is 680 g/mol. The van der Waals surface area contributed by atoms with Crippen LogP contribution in [0.5, 0.6) is 0 Å². The number of aliphatic hydroxyl groups is 2. The lowest BCUT2D eigenvalue weighted by Gasteiger charge is -2.38. The molecule has 0 aromatic heterocycles. The van der Waals surface area contributed by atoms with Crippen molar-refractivity contribution < 1.29 is 62.9 Å². The second-order valence-electron chi connectivity index (χ2n) is 10.9. The lowest BCUT2D eigenvalue weighted by Crippen LogP contribution is -2.54. The van der Waals surface area contributed by atoms with E-state index in [-0.39, 0.29) is 34.4 Å². The van der Waals surface area contributed by atoms with E-state index >= 15 is 0 Å². The molecule has 4 nitrogen and oxygen atoms in total. The van der Waals surface area contributed by atoms with E-state index in [1.807, 2.05) is 0 Å². The van der Waals surface area contributed by atoms with Crippen molar-refractivity contribution in [3.05, 3.63) is 118 Å². The number of hydrogen-bond donors (Lipinski definition) is 4. The van der Waals surface area contributed by atoms with Crippen LogP contribution in [0.4, 0.5) is 64.1 Å². The van der Waals surface area contributed by atoms with Crippen LogP contribution in [0.25, 0.3) is 11.1 Å². The van der Waals surface area contributed by atoms with Gasteiger partial charge in [-0.3, -0.25) is 0 Å². The fraction of sp³-hybridized carbons (Fsp3) is 0.226. The van der Waals surface area contributed by atoms with Crippen LogP contribution in [0.1, 0.15) is 33.4 Å². The van der Waals surface area contributed by atoms with Crippen LogP contribution in [0.3, 0.4) is 0 Å². The van der Waals surface area contributed by atoms with Crippen molar-refractivity contribution >= 4 is 11.4 Å². The molecule has 0 saturated carbocycles. The van der Waals surface area contributed by atoms with Gasteiger partial charge in [-0.2, -0.15) is 52.7 Å². The summed E-state index contributed by atoms with van der Waals surface area (Å²) in [6, 6.07) is 14.9. The zero-order valence-electron chi connectivity index (χ0n) is 23.2. The minimum absolute atomic E-state index is 0.0118. The molecule has 0 amide bonds. The summed E-state index contributed by atoms with van der Waals surface area (Å²) < 4.78 is 169. The summed E-state index contributed by atoms with van der Waals surface area (Å²) in [5.41, 5.74) is -8.94. The van der Waals surface area contributed by atoms with E-state index in [0.29, 0.717) is 12.1 Å². The smallest absolute Gasteiger partial charge is 0.398 e. The fourth-order valence-corrected chi connectivity index (χ4v) is 6.16. The number of nitrogens with two attached hydrogens (primary N) is 2. The Morgan fingerprint density at radius 1 is 0.447 bits per heavy atom. The molecule has 5 rings (SSSR count). The normalized spacial score (nSPS) is 15.4. The third kappa shape index (κ3) is 4.55. The Labute approximate surface area is 256 Å². The average molecular weight is 680 g/mol. The molecule has 6 N–H and O–H groups in total. The lowest BCUT2D eigenvalue weighted by atomic mass is 9.66. The maximum absolute atomic E-state index is 14.0.